The molecule has 4 rings (SSSR count). The number of nitrogens with one attached hydrogen (secondary N) is 1. The smallest absolute Gasteiger partial charge is 0.227 e. The summed E-state index contributed by atoms with van der Waals surface area (Å²) in [5.74, 6) is 0.437. The van der Waals surface area contributed by atoms with Crippen molar-refractivity contribution in [2.45, 2.75) is 23.8 Å². The van der Waals surface area contributed by atoms with Crippen molar-refractivity contribution >= 4 is 29.3 Å². The lowest BCUT2D eigenvalue weighted by Gasteiger charge is -2.27. The van der Waals surface area contributed by atoms with Gasteiger partial charge in [0.25, 0.3) is 0 Å². The number of nitrogens with zero attached hydrogens (tertiary/aromatic N) is 1. The van der Waals surface area contributed by atoms with E-state index < -0.39 is 0 Å². The van der Waals surface area contributed by atoms with E-state index >= 15 is 0 Å². The molecule has 0 bridgehead atoms. The van der Waals surface area contributed by atoms with E-state index in [1.165, 1.54) is 0 Å². The Hall–Kier alpha value is -2.47. The van der Waals surface area contributed by atoms with Crippen LogP contribution in [-0.2, 0) is 9.59 Å². The molecule has 140 valence electrons. The molecule has 2 amide bonds. The molecular weight excluding hydrogens is 360 g/mol. The topological polar surface area (TPSA) is 58.6 Å². The Morgan fingerprint density at radius 1 is 1.22 bits per heavy atom. The summed E-state index contributed by atoms with van der Waals surface area (Å²) in [6.45, 7) is 1.01. The number of ether oxygens (including phenoxy) is 1. The molecule has 0 aliphatic carbocycles. The zero-order valence-corrected chi connectivity index (χ0v) is 16.0. The molecule has 0 saturated carbocycles. The van der Waals surface area contributed by atoms with Gasteiger partial charge >= 0.3 is 0 Å². The highest BCUT2D eigenvalue weighted by Crippen LogP contribution is 2.33. The first-order valence-corrected chi connectivity index (χ1v) is 10.3. The number of rotatable bonds is 4. The Morgan fingerprint density at radius 3 is 2.93 bits per heavy atom. The van der Waals surface area contributed by atoms with Crippen LogP contribution in [0.25, 0.3) is 0 Å². The minimum atomic E-state index is -0.328. The van der Waals surface area contributed by atoms with Gasteiger partial charge in [0.05, 0.1) is 18.6 Å². The van der Waals surface area contributed by atoms with Crippen molar-refractivity contribution in [1.29, 1.82) is 0 Å². The van der Waals surface area contributed by atoms with Crippen LogP contribution in [0, 0.1) is 5.92 Å². The van der Waals surface area contributed by atoms with E-state index in [9.17, 15) is 9.59 Å². The second-order valence-electron chi connectivity index (χ2n) is 6.84. The number of thioether (sulfide) groups is 1. The van der Waals surface area contributed by atoms with Crippen LogP contribution in [-0.4, -0.2) is 31.2 Å². The van der Waals surface area contributed by atoms with Gasteiger partial charge < -0.3 is 15.0 Å². The SMILES string of the molecule is CSc1cccc(N2C[C@@H](C(=O)N[C@H]3CCOc4ccccc43)CC2=O)c1. The predicted molar refractivity (Wildman–Crippen MR) is 106 cm³/mol. The van der Waals surface area contributed by atoms with Gasteiger partial charge in [-0.2, -0.15) is 0 Å². The molecule has 1 fully saturated rings. The highest BCUT2D eigenvalue weighted by Gasteiger charge is 2.36. The maximum atomic E-state index is 12.8. The summed E-state index contributed by atoms with van der Waals surface area (Å²) in [7, 11) is 0. The third-order valence-corrected chi connectivity index (χ3v) is 5.86. The van der Waals surface area contributed by atoms with Crippen LogP contribution in [0.15, 0.2) is 53.4 Å². The standard InChI is InChI=1S/C21H22N2O3S/c1-27-16-6-4-5-15(12-16)23-13-14(11-20(23)24)21(25)22-18-9-10-26-19-8-3-2-7-17(18)19/h2-8,12,14,18H,9-11,13H2,1H3,(H,22,25)/t14-,18-/m0/s1. The van der Waals surface area contributed by atoms with Crippen molar-refractivity contribution in [3.05, 3.63) is 54.1 Å². The highest BCUT2D eigenvalue weighted by atomic mass is 32.2. The van der Waals surface area contributed by atoms with Crippen LogP contribution in [0.3, 0.4) is 0 Å². The number of anilines is 1. The highest BCUT2D eigenvalue weighted by molar-refractivity contribution is 7.98. The Bertz CT molecular complexity index is 870. The lowest BCUT2D eigenvalue weighted by Crippen LogP contribution is -2.37. The number of amides is 2. The number of carbonyl (C=O) groups is 2. The number of fused-ring (bicyclic) bond motifs is 1. The molecule has 2 aromatic carbocycles. The van der Waals surface area contributed by atoms with Crippen LogP contribution in [0.4, 0.5) is 5.69 Å². The summed E-state index contributed by atoms with van der Waals surface area (Å²) in [5, 5.41) is 3.13. The van der Waals surface area contributed by atoms with Crippen LogP contribution < -0.4 is 15.0 Å². The van der Waals surface area contributed by atoms with Crippen LogP contribution in [0.5, 0.6) is 5.75 Å². The normalized spacial score (nSPS) is 21.5. The second-order valence-corrected chi connectivity index (χ2v) is 7.72. The molecule has 6 heteroatoms. The minimum absolute atomic E-state index is 0.000723. The second kappa shape index (κ2) is 7.64. The molecule has 1 N–H and O–H groups in total. The van der Waals surface area contributed by atoms with Crippen LogP contribution in [0.2, 0.25) is 0 Å². The number of benzene rings is 2. The van der Waals surface area contributed by atoms with Gasteiger partial charge in [-0.05, 0) is 30.5 Å². The summed E-state index contributed by atoms with van der Waals surface area (Å²) < 4.78 is 5.66. The van der Waals surface area contributed by atoms with Gasteiger partial charge in [-0.3, -0.25) is 9.59 Å². The van der Waals surface area contributed by atoms with Crippen molar-refractivity contribution in [2.75, 3.05) is 24.3 Å². The molecule has 2 aromatic rings. The van der Waals surface area contributed by atoms with E-state index in [-0.39, 0.29) is 30.2 Å². The third-order valence-electron chi connectivity index (χ3n) is 5.14. The summed E-state index contributed by atoms with van der Waals surface area (Å²) in [6, 6.07) is 15.6. The number of carbonyl (C=O) groups excluding carboxylic acids is 2. The Kier molecular flexibility index (Phi) is 5.07. The van der Waals surface area contributed by atoms with Gasteiger partial charge in [0.15, 0.2) is 0 Å². The quantitative estimate of drug-likeness (QED) is 0.824. The van der Waals surface area contributed by atoms with E-state index in [1.807, 2.05) is 54.8 Å². The largest absolute Gasteiger partial charge is 0.493 e. The fourth-order valence-corrected chi connectivity index (χ4v) is 4.15. The van der Waals surface area contributed by atoms with E-state index in [1.54, 1.807) is 16.7 Å². The molecular formula is C21H22N2O3S. The van der Waals surface area contributed by atoms with Gasteiger partial charge in [0.1, 0.15) is 5.75 Å². The molecule has 27 heavy (non-hydrogen) atoms. The van der Waals surface area contributed by atoms with Crippen molar-refractivity contribution < 1.29 is 14.3 Å². The lowest BCUT2D eigenvalue weighted by atomic mass is 9.99. The minimum Gasteiger partial charge on any atom is -0.493 e. The fraction of sp³-hybridized carbons (Fsp3) is 0.333. The first-order chi connectivity index (χ1) is 13.2. The maximum Gasteiger partial charge on any atom is 0.227 e. The number of hydrogen-bond acceptors (Lipinski definition) is 4. The predicted octanol–water partition coefficient (Wildman–Crippen LogP) is 3.40. The van der Waals surface area contributed by atoms with E-state index in [2.05, 4.69) is 5.32 Å². The molecule has 2 heterocycles. The van der Waals surface area contributed by atoms with Crippen molar-refractivity contribution in [3.8, 4) is 5.75 Å². The van der Waals surface area contributed by atoms with Gasteiger partial charge in [-0.25, -0.2) is 0 Å². The zero-order valence-electron chi connectivity index (χ0n) is 15.2. The lowest BCUT2D eigenvalue weighted by molar-refractivity contribution is -0.127. The van der Waals surface area contributed by atoms with Crippen LogP contribution in [0.1, 0.15) is 24.4 Å². The summed E-state index contributed by atoms with van der Waals surface area (Å²) >= 11 is 1.64. The van der Waals surface area contributed by atoms with E-state index in [4.69, 9.17) is 4.74 Å². The summed E-state index contributed by atoms with van der Waals surface area (Å²) in [6.07, 6.45) is 3.00. The van der Waals surface area contributed by atoms with E-state index in [0.717, 1.165) is 28.3 Å². The first-order valence-electron chi connectivity index (χ1n) is 9.12. The molecule has 2 aliphatic heterocycles. The zero-order chi connectivity index (χ0) is 18.8. The third kappa shape index (κ3) is 3.67. The Morgan fingerprint density at radius 2 is 2.07 bits per heavy atom. The van der Waals surface area contributed by atoms with Gasteiger partial charge in [-0.15, -0.1) is 11.8 Å². The average molecular weight is 382 g/mol. The maximum absolute atomic E-state index is 12.8. The average Bonchev–Trinajstić information content (AvgIpc) is 3.10. The Balaban J connectivity index is 1.46. The summed E-state index contributed by atoms with van der Waals surface area (Å²) in [5.41, 5.74) is 1.87. The van der Waals surface area contributed by atoms with Crippen molar-refractivity contribution in [3.63, 3.8) is 0 Å². The molecule has 1 saturated heterocycles. The summed E-state index contributed by atoms with van der Waals surface area (Å²) in [4.78, 5) is 28.2. The molecule has 0 unspecified atom stereocenters. The molecule has 0 aromatic heterocycles. The number of hydrogen-bond donors (Lipinski definition) is 1. The molecule has 5 nitrogen and oxygen atoms in total. The van der Waals surface area contributed by atoms with Gasteiger partial charge in [0, 0.05) is 35.5 Å². The molecule has 2 atom stereocenters. The van der Waals surface area contributed by atoms with Gasteiger partial charge in [0.2, 0.25) is 11.8 Å². The molecule has 0 radical (unpaired) electrons. The van der Waals surface area contributed by atoms with Crippen LogP contribution >= 0.6 is 11.8 Å². The van der Waals surface area contributed by atoms with E-state index in [0.29, 0.717) is 13.2 Å². The Labute approximate surface area is 163 Å². The first kappa shape index (κ1) is 17.9. The fourth-order valence-electron chi connectivity index (χ4n) is 3.69. The molecule has 2 aliphatic rings. The van der Waals surface area contributed by atoms with Crippen molar-refractivity contribution in [1.82, 2.24) is 5.32 Å². The monoisotopic (exact) mass is 382 g/mol. The molecule has 0 spiro atoms. The van der Waals surface area contributed by atoms with Gasteiger partial charge in [-0.1, -0.05) is 24.3 Å². The van der Waals surface area contributed by atoms with Crippen molar-refractivity contribution in [2.24, 2.45) is 5.92 Å². The number of para-hydroxylation sites is 1.